The van der Waals surface area contributed by atoms with E-state index in [0.29, 0.717) is 44.7 Å². The maximum atomic E-state index is 12.7. The number of hydrogen-bond donors (Lipinski definition) is 4. The van der Waals surface area contributed by atoms with Crippen molar-refractivity contribution in [3.63, 3.8) is 0 Å². The number of benzene rings is 1. The van der Waals surface area contributed by atoms with Crippen LogP contribution in [0.1, 0.15) is 27.0 Å². The quantitative estimate of drug-likeness (QED) is 0.434. The Morgan fingerprint density at radius 3 is 2.70 bits per heavy atom. The van der Waals surface area contributed by atoms with E-state index in [0.717, 1.165) is 0 Å². The molecule has 0 saturated heterocycles. The Balaban J connectivity index is 1.90. The lowest BCUT2D eigenvalue weighted by molar-refractivity contribution is 0.0958. The highest BCUT2D eigenvalue weighted by Crippen LogP contribution is 2.30. The number of nitrogens with one attached hydrogen (secondary N) is 4. The van der Waals surface area contributed by atoms with E-state index in [9.17, 15) is 14.4 Å². The van der Waals surface area contributed by atoms with Gasteiger partial charge in [0, 0.05) is 19.0 Å². The first-order valence-electron chi connectivity index (χ1n) is 8.37. The van der Waals surface area contributed by atoms with Gasteiger partial charge in [0.1, 0.15) is 5.82 Å². The van der Waals surface area contributed by atoms with Crippen LogP contribution in [0.4, 0.5) is 5.82 Å². The molecule has 3 heterocycles. The first kappa shape index (κ1) is 17.1. The summed E-state index contributed by atoms with van der Waals surface area (Å²) in [4.78, 5) is 43.4. The number of carbonyl (C=O) groups is 2. The monoisotopic (exact) mass is 383 g/mol. The summed E-state index contributed by atoms with van der Waals surface area (Å²) >= 11 is 1.32. The number of imidazole rings is 1. The molecule has 0 radical (unpaired) electrons. The van der Waals surface area contributed by atoms with Crippen LogP contribution < -0.4 is 16.3 Å². The SMILES string of the molecule is CCNC(=O)c1c(NC(=O)c2cccs2)[nH]c2cc3[nH]c(=O)n(C)c3cc12. The second-order valence-electron chi connectivity index (χ2n) is 6.07. The van der Waals surface area contributed by atoms with Gasteiger partial charge in [0.05, 0.1) is 27.0 Å². The molecule has 1 aromatic carbocycles. The van der Waals surface area contributed by atoms with Crippen LogP contribution in [0.3, 0.4) is 0 Å². The molecule has 27 heavy (non-hydrogen) atoms. The molecule has 0 fully saturated rings. The van der Waals surface area contributed by atoms with Crippen LogP contribution in [0.5, 0.6) is 0 Å². The number of aromatic amines is 2. The van der Waals surface area contributed by atoms with Crippen LogP contribution in [-0.2, 0) is 7.05 Å². The molecule has 4 rings (SSSR count). The van der Waals surface area contributed by atoms with Gasteiger partial charge in [-0.25, -0.2) is 4.79 Å². The normalized spacial score (nSPS) is 11.2. The van der Waals surface area contributed by atoms with Crippen molar-refractivity contribution in [2.45, 2.75) is 6.92 Å². The van der Waals surface area contributed by atoms with Gasteiger partial charge in [-0.1, -0.05) is 6.07 Å². The molecule has 0 bridgehead atoms. The minimum Gasteiger partial charge on any atom is -0.352 e. The van der Waals surface area contributed by atoms with Gasteiger partial charge in [0.25, 0.3) is 11.8 Å². The zero-order chi connectivity index (χ0) is 19.1. The van der Waals surface area contributed by atoms with Gasteiger partial charge in [0.2, 0.25) is 0 Å². The standard InChI is InChI=1S/C18H17N5O3S/c1-3-19-17(25)14-9-7-12-11(21-18(26)23(12)2)8-10(9)20-15(14)22-16(24)13-5-4-6-27-13/h4-8,20H,3H2,1-2H3,(H,19,25)(H,21,26)(H,22,24). The minimum atomic E-state index is -0.301. The fourth-order valence-corrected chi connectivity index (χ4v) is 3.70. The van der Waals surface area contributed by atoms with E-state index in [-0.39, 0.29) is 17.5 Å². The van der Waals surface area contributed by atoms with E-state index in [1.807, 2.05) is 12.3 Å². The Labute approximate surface area is 157 Å². The molecule has 0 aliphatic rings. The third-order valence-corrected chi connectivity index (χ3v) is 5.24. The maximum absolute atomic E-state index is 12.7. The molecule has 0 aliphatic carbocycles. The summed E-state index contributed by atoms with van der Waals surface area (Å²) in [6.45, 7) is 2.28. The molecular weight excluding hydrogens is 366 g/mol. The molecule has 2 amide bonds. The molecule has 4 aromatic rings. The molecule has 4 N–H and O–H groups in total. The summed E-state index contributed by atoms with van der Waals surface area (Å²) in [6.07, 6.45) is 0. The summed E-state index contributed by atoms with van der Waals surface area (Å²) in [5.74, 6) is -0.266. The highest BCUT2D eigenvalue weighted by Gasteiger charge is 2.22. The second-order valence-corrected chi connectivity index (χ2v) is 7.02. The smallest absolute Gasteiger partial charge is 0.326 e. The Kier molecular flexibility index (Phi) is 4.08. The highest BCUT2D eigenvalue weighted by atomic mass is 32.1. The number of hydrogen-bond acceptors (Lipinski definition) is 4. The Morgan fingerprint density at radius 2 is 2.00 bits per heavy atom. The minimum absolute atomic E-state index is 0.233. The van der Waals surface area contributed by atoms with E-state index in [2.05, 4.69) is 20.6 Å². The summed E-state index contributed by atoms with van der Waals surface area (Å²) < 4.78 is 1.48. The lowest BCUT2D eigenvalue weighted by Gasteiger charge is -2.06. The Bertz CT molecular complexity index is 1230. The summed E-state index contributed by atoms with van der Waals surface area (Å²) in [7, 11) is 1.66. The van der Waals surface area contributed by atoms with Gasteiger partial charge in [-0.15, -0.1) is 11.3 Å². The van der Waals surface area contributed by atoms with Gasteiger partial charge in [-0.05, 0) is 30.5 Å². The van der Waals surface area contributed by atoms with Crippen LogP contribution in [0, 0.1) is 0 Å². The number of amides is 2. The molecular formula is C18H17N5O3S. The predicted octanol–water partition coefficient (Wildman–Crippen LogP) is 2.41. The van der Waals surface area contributed by atoms with Gasteiger partial charge in [-0.3, -0.25) is 14.2 Å². The number of anilines is 1. The summed E-state index contributed by atoms with van der Waals surface area (Å²) in [5.41, 5.74) is 2.07. The first-order valence-corrected chi connectivity index (χ1v) is 9.25. The van der Waals surface area contributed by atoms with Crippen molar-refractivity contribution in [2.75, 3.05) is 11.9 Å². The molecule has 0 aliphatic heterocycles. The largest absolute Gasteiger partial charge is 0.352 e. The van der Waals surface area contributed by atoms with E-state index >= 15 is 0 Å². The number of nitrogens with zero attached hydrogens (tertiary/aromatic N) is 1. The van der Waals surface area contributed by atoms with E-state index in [1.54, 1.807) is 31.3 Å². The van der Waals surface area contributed by atoms with Crippen molar-refractivity contribution in [2.24, 2.45) is 7.05 Å². The Morgan fingerprint density at radius 1 is 1.19 bits per heavy atom. The van der Waals surface area contributed by atoms with Crippen LogP contribution >= 0.6 is 11.3 Å². The number of thiophene rings is 1. The third-order valence-electron chi connectivity index (χ3n) is 4.37. The molecule has 3 aromatic heterocycles. The lowest BCUT2D eigenvalue weighted by Crippen LogP contribution is -2.24. The zero-order valence-electron chi connectivity index (χ0n) is 14.7. The van der Waals surface area contributed by atoms with Gasteiger partial charge in [-0.2, -0.15) is 0 Å². The van der Waals surface area contributed by atoms with Crippen molar-refractivity contribution in [1.29, 1.82) is 0 Å². The second kappa shape index (κ2) is 6.44. The van der Waals surface area contributed by atoms with Gasteiger partial charge < -0.3 is 20.6 Å². The van der Waals surface area contributed by atoms with Crippen molar-refractivity contribution in [1.82, 2.24) is 19.9 Å². The fourth-order valence-electron chi connectivity index (χ4n) is 3.08. The molecule has 0 saturated carbocycles. The molecule has 0 atom stereocenters. The summed E-state index contributed by atoms with van der Waals surface area (Å²) in [5, 5.41) is 8.01. The number of rotatable bonds is 4. The van der Waals surface area contributed by atoms with Crippen molar-refractivity contribution in [3.05, 3.63) is 50.6 Å². The number of fused-ring (bicyclic) bond motifs is 2. The summed E-state index contributed by atoms with van der Waals surface area (Å²) in [6, 6.07) is 7.03. The van der Waals surface area contributed by atoms with E-state index < -0.39 is 0 Å². The van der Waals surface area contributed by atoms with E-state index in [4.69, 9.17) is 0 Å². The zero-order valence-corrected chi connectivity index (χ0v) is 15.5. The Hall–Kier alpha value is -3.33. The number of aromatic nitrogens is 3. The number of H-pyrrole nitrogens is 2. The van der Waals surface area contributed by atoms with Crippen molar-refractivity contribution in [3.8, 4) is 0 Å². The lowest BCUT2D eigenvalue weighted by atomic mass is 10.1. The molecule has 9 heteroatoms. The van der Waals surface area contributed by atoms with Crippen LogP contribution in [-0.4, -0.2) is 32.9 Å². The van der Waals surface area contributed by atoms with Crippen molar-refractivity contribution >= 4 is 50.9 Å². The van der Waals surface area contributed by atoms with Crippen LogP contribution in [0.2, 0.25) is 0 Å². The highest BCUT2D eigenvalue weighted by molar-refractivity contribution is 7.12. The number of aryl methyl sites for hydroxylation is 1. The molecule has 8 nitrogen and oxygen atoms in total. The van der Waals surface area contributed by atoms with Gasteiger partial charge >= 0.3 is 5.69 Å². The number of carbonyl (C=O) groups excluding carboxylic acids is 2. The average molecular weight is 383 g/mol. The van der Waals surface area contributed by atoms with Crippen LogP contribution in [0.15, 0.2) is 34.4 Å². The first-order chi connectivity index (χ1) is 13.0. The van der Waals surface area contributed by atoms with Gasteiger partial charge in [0.15, 0.2) is 0 Å². The third kappa shape index (κ3) is 2.81. The van der Waals surface area contributed by atoms with E-state index in [1.165, 1.54) is 15.9 Å². The predicted molar refractivity (Wildman–Crippen MR) is 106 cm³/mol. The molecule has 138 valence electrons. The maximum Gasteiger partial charge on any atom is 0.326 e. The van der Waals surface area contributed by atoms with Crippen molar-refractivity contribution < 1.29 is 9.59 Å². The topological polar surface area (TPSA) is 112 Å². The van der Waals surface area contributed by atoms with Crippen LogP contribution in [0.25, 0.3) is 21.9 Å². The average Bonchev–Trinajstić information content (AvgIpc) is 3.33. The molecule has 0 unspecified atom stereocenters. The molecule has 0 spiro atoms. The fraction of sp³-hybridized carbons (Fsp3) is 0.167.